The number of aromatic nitrogens is 6. The molecule has 2 aromatic carbocycles. The number of halogens is 5. The number of ether oxygens (including phenoxy) is 1. The number of rotatable bonds is 5. The smallest absolute Gasteiger partial charge is 0.194 e. The molecule has 0 saturated carbocycles. The number of nitrogens with zero attached hydrogens (tertiary/aromatic N) is 6. The summed E-state index contributed by atoms with van der Waals surface area (Å²) >= 11 is 12.6. The highest BCUT2D eigenvalue weighted by Crippen LogP contribution is 2.39. The SMILES string of the molecule is Cc1nc(C2CC(n3cc(-c4cc(F)c(F)c(F)c4)nn3)C(O)C(CO)O2)n(-c2cccc(Cl)c2Cl)n1. The molecular formula is C23H19Cl2F3N6O3. The number of hydrogen-bond acceptors (Lipinski definition) is 7. The van der Waals surface area contributed by atoms with Crippen LogP contribution in [-0.4, -0.2) is 58.8 Å². The van der Waals surface area contributed by atoms with Crippen LogP contribution in [0.4, 0.5) is 13.2 Å². The largest absolute Gasteiger partial charge is 0.394 e. The highest BCUT2D eigenvalue weighted by Gasteiger charge is 2.42. The maximum Gasteiger partial charge on any atom is 0.194 e. The predicted molar refractivity (Wildman–Crippen MR) is 126 cm³/mol. The summed E-state index contributed by atoms with van der Waals surface area (Å²) in [4.78, 5) is 4.48. The van der Waals surface area contributed by atoms with Crippen LogP contribution in [0.2, 0.25) is 10.0 Å². The third kappa shape index (κ3) is 4.71. The highest BCUT2D eigenvalue weighted by molar-refractivity contribution is 6.43. The van der Waals surface area contributed by atoms with E-state index < -0.39 is 48.4 Å². The summed E-state index contributed by atoms with van der Waals surface area (Å²) in [5.74, 6) is -3.57. The van der Waals surface area contributed by atoms with Gasteiger partial charge in [0.2, 0.25) is 0 Å². The molecule has 4 unspecified atom stereocenters. The van der Waals surface area contributed by atoms with Gasteiger partial charge in [0.1, 0.15) is 29.8 Å². The summed E-state index contributed by atoms with van der Waals surface area (Å²) < 4.78 is 49.6. The van der Waals surface area contributed by atoms with Gasteiger partial charge in [0.15, 0.2) is 23.3 Å². The molecule has 2 aromatic heterocycles. The summed E-state index contributed by atoms with van der Waals surface area (Å²) in [7, 11) is 0. The van der Waals surface area contributed by atoms with Gasteiger partial charge < -0.3 is 14.9 Å². The molecule has 9 nitrogen and oxygen atoms in total. The maximum atomic E-state index is 13.7. The van der Waals surface area contributed by atoms with Crippen LogP contribution in [0.5, 0.6) is 0 Å². The molecule has 0 spiro atoms. The van der Waals surface area contributed by atoms with Gasteiger partial charge in [-0.15, -0.1) is 5.10 Å². The number of benzene rings is 2. The van der Waals surface area contributed by atoms with E-state index in [1.54, 1.807) is 25.1 Å². The topological polar surface area (TPSA) is 111 Å². The average Bonchev–Trinajstić information content (AvgIpc) is 3.51. The fraction of sp³-hybridized carbons (Fsp3) is 0.304. The van der Waals surface area contributed by atoms with Crippen LogP contribution in [0, 0.1) is 24.4 Å². The van der Waals surface area contributed by atoms with Crippen molar-refractivity contribution >= 4 is 23.2 Å². The first-order valence-electron chi connectivity index (χ1n) is 11.1. The van der Waals surface area contributed by atoms with Gasteiger partial charge in [-0.25, -0.2) is 27.5 Å². The fourth-order valence-corrected chi connectivity index (χ4v) is 4.66. The Bertz CT molecular complexity index is 1440. The van der Waals surface area contributed by atoms with Crippen molar-refractivity contribution in [1.82, 2.24) is 29.8 Å². The lowest BCUT2D eigenvalue weighted by Crippen LogP contribution is -2.45. The molecule has 1 saturated heterocycles. The minimum absolute atomic E-state index is 0.0366. The van der Waals surface area contributed by atoms with Gasteiger partial charge in [-0.3, -0.25) is 0 Å². The molecule has 14 heteroatoms. The summed E-state index contributed by atoms with van der Waals surface area (Å²) in [6.45, 7) is 1.16. The van der Waals surface area contributed by atoms with Gasteiger partial charge in [0.05, 0.1) is 34.6 Å². The lowest BCUT2D eigenvalue weighted by Gasteiger charge is -2.38. The van der Waals surface area contributed by atoms with E-state index in [1.165, 1.54) is 15.6 Å². The fourth-order valence-electron chi connectivity index (χ4n) is 4.28. The van der Waals surface area contributed by atoms with Crippen LogP contribution in [0.1, 0.15) is 30.2 Å². The molecule has 5 rings (SSSR count). The molecule has 1 fully saturated rings. The molecule has 194 valence electrons. The third-order valence-corrected chi connectivity index (χ3v) is 6.87. The summed E-state index contributed by atoms with van der Waals surface area (Å²) in [6, 6.07) is 5.84. The quantitative estimate of drug-likeness (QED) is 0.359. The third-order valence-electron chi connectivity index (χ3n) is 6.06. The van der Waals surface area contributed by atoms with Crippen LogP contribution in [-0.2, 0) is 4.74 Å². The van der Waals surface area contributed by atoms with Gasteiger partial charge in [-0.1, -0.05) is 34.5 Å². The van der Waals surface area contributed by atoms with Crippen molar-refractivity contribution in [1.29, 1.82) is 0 Å². The Morgan fingerprint density at radius 3 is 2.59 bits per heavy atom. The van der Waals surface area contributed by atoms with Crippen molar-refractivity contribution in [2.24, 2.45) is 0 Å². The second-order valence-electron chi connectivity index (χ2n) is 8.48. The molecule has 4 atom stereocenters. The zero-order valence-electron chi connectivity index (χ0n) is 19.1. The van der Waals surface area contributed by atoms with Gasteiger partial charge >= 0.3 is 0 Å². The first-order chi connectivity index (χ1) is 17.7. The van der Waals surface area contributed by atoms with Crippen LogP contribution in [0.3, 0.4) is 0 Å². The van der Waals surface area contributed by atoms with Crippen LogP contribution in [0.15, 0.2) is 36.5 Å². The molecular weight excluding hydrogens is 536 g/mol. The van der Waals surface area contributed by atoms with Gasteiger partial charge in [0, 0.05) is 12.0 Å². The lowest BCUT2D eigenvalue weighted by atomic mass is 9.95. The minimum Gasteiger partial charge on any atom is -0.394 e. The van der Waals surface area contributed by atoms with E-state index in [4.69, 9.17) is 27.9 Å². The molecule has 2 N–H and O–H groups in total. The molecule has 1 aliphatic heterocycles. The molecule has 4 aromatic rings. The van der Waals surface area contributed by atoms with E-state index in [9.17, 15) is 23.4 Å². The predicted octanol–water partition coefficient (Wildman–Crippen LogP) is 3.98. The Morgan fingerprint density at radius 1 is 1.16 bits per heavy atom. The highest BCUT2D eigenvalue weighted by atomic mass is 35.5. The molecule has 0 aliphatic carbocycles. The van der Waals surface area contributed by atoms with Crippen LogP contribution >= 0.6 is 23.2 Å². The van der Waals surface area contributed by atoms with Crippen molar-refractivity contribution in [3.63, 3.8) is 0 Å². The number of aryl methyl sites for hydroxylation is 1. The van der Waals surface area contributed by atoms with E-state index >= 15 is 0 Å². The summed E-state index contributed by atoms with van der Waals surface area (Å²) in [6.07, 6.45) is -1.55. The Kier molecular flexibility index (Phi) is 6.94. The van der Waals surface area contributed by atoms with E-state index in [0.717, 1.165) is 12.1 Å². The van der Waals surface area contributed by atoms with Crippen LogP contribution < -0.4 is 0 Å². The Labute approximate surface area is 218 Å². The summed E-state index contributed by atoms with van der Waals surface area (Å²) in [5.41, 5.74) is 0.476. The van der Waals surface area contributed by atoms with Crippen molar-refractivity contribution < 1.29 is 28.1 Å². The second-order valence-corrected chi connectivity index (χ2v) is 9.26. The van der Waals surface area contributed by atoms with Gasteiger partial charge in [-0.2, -0.15) is 5.10 Å². The normalized spacial score (nSPS) is 21.9. The second kappa shape index (κ2) is 10.0. The number of hydrogen-bond donors (Lipinski definition) is 2. The zero-order chi connectivity index (χ0) is 26.4. The van der Waals surface area contributed by atoms with Crippen molar-refractivity contribution in [3.05, 3.63) is 75.7 Å². The van der Waals surface area contributed by atoms with Gasteiger partial charge in [0.25, 0.3) is 0 Å². The van der Waals surface area contributed by atoms with E-state index in [-0.39, 0.29) is 22.7 Å². The van der Waals surface area contributed by atoms with E-state index in [1.807, 2.05) is 0 Å². The van der Waals surface area contributed by atoms with Crippen LogP contribution in [0.25, 0.3) is 16.9 Å². The van der Waals surface area contributed by atoms with Crippen molar-refractivity contribution in [3.8, 4) is 16.9 Å². The standard InChI is InChI=1S/C23H19Cl2F3N6O3/c1-10-29-23(34(31-10)16-4-2-3-12(24)20(16)25)18-7-17(22(36)19(9-35)37-18)33-8-15(30-32-33)11-5-13(26)21(28)14(27)6-11/h2-6,8,17-19,22,35-36H,7,9H2,1H3. The zero-order valence-corrected chi connectivity index (χ0v) is 20.6. The minimum atomic E-state index is -1.59. The molecule has 37 heavy (non-hydrogen) atoms. The molecule has 0 bridgehead atoms. The number of aliphatic hydroxyl groups is 2. The molecule has 0 radical (unpaired) electrons. The van der Waals surface area contributed by atoms with E-state index in [2.05, 4.69) is 20.4 Å². The molecule has 1 aliphatic rings. The van der Waals surface area contributed by atoms with Crippen molar-refractivity contribution in [2.75, 3.05) is 6.61 Å². The molecule has 3 heterocycles. The maximum absolute atomic E-state index is 13.7. The van der Waals surface area contributed by atoms with Crippen molar-refractivity contribution in [2.45, 2.75) is 37.7 Å². The van der Waals surface area contributed by atoms with E-state index in [0.29, 0.717) is 22.4 Å². The summed E-state index contributed by atoms with van der Waals surface area (Å²) in [5, 5.41) is 33.7. The number of aliphatic hydroxyl groups excluding tert-OH is 2. The Balaban J connectivity index is 1.51. The monoisotopic (exact) mass is 554 g/mol. The van der Waals surface area contributed by atoms with Gasteiger partial charge in [-0.05, 0) is 31.2 Å². The first-order valence-corrected chi connectivity index (χ1v) is 11.8. The lowest BCUT2D eigenvalue weighted by molar-refractivity contribution is -0.161. The molecule has 0 amide bonds. The average molecular weight is 555 g/mol. The Hall–Kier alpha value is -3.03. The Morgan fingerprint density at radius 2 is 1.89 bits per heavy atom. The first kappa shape index (κ1) is 25.6.